The summed E-state index contributed by atoms with van der Waals surface area (Å²) < 4.78 is 6.87. The van der Waals surface area contributed by atoms with Crippen molar-refractivity contribution in [3.63, 3.8) is 0 Å². The molecule has 0 aliphatic carbocycles. The fourth-order valence-electron chi connectivity index (χ4n) is 3.68. The van der Waals surface area contributed by atoms with E-state index in [-0.39, 0.29) is 5.60 Å². The predicted molar refractivity (Wildman–Crippen MR) is 111 cm³/mol. The Bertz CT molecular complexity index is 1010. The number of aliphatic hydroxyl groups excluding tert-OH is 2. The summed E-state index contributed by atoms with van der Waals surface area (Å²) in [5, 5.41) is 20.8. The number of hydrogen-bond donors (Lipinski definition) is 2. The second kappa shape index (κ2) is 7.18. The highest BCUT2D eigenvalue weighted by molar-refractivity contribution is 7.25. The molecule has 150 valence electrons. The van der Waals surface area contributed by atoms with Crippen LogP contribution in [0.1, 0.15) is 39.0 Å². The average Bonchev–Trinajstić information content (AvgIpc) is 2.95. The Morgan fingerprint density at radius 3 is 2.61 bits per heavy atom. The molecular formula is C20H26N4O3S. The van der Waals surface area contributed by atoms with Crippen molar-refractivity contribution in [3.05, 3.63) is 23.7 Å². The molecule has 2 atom stereocenters. The molecular weight excluding hydrogens is 376 g/mol. The minimum Gasteiger partial charge on any atom is -0.392 e. The van der Waals surface area contributed by atoms with Crippen LogP contribution in [-0.2, 0) is 17.8 Å². The summed E-state index contributed by atoms with van der Waals surface area (Å²) in [6, 6.07) is 2.14. The maximum Gasteiger partial charge on any atom is 0.150 e. The normalized spacial score (nSPS) is 18.2. The van der Waals surface area contributed by atoms with Gasteiger partial charge in [-0.25, -0.2) is 15.0 Å². The molecule has 3 aromatic heterocycles. The molecule has 7 nitrogen and oxygen atoms in total. The van der Waals surface area contributed by atoms with Gasteiger partial charge in [-0.2, -0.15) is 0 Å². The van der Waals surface area contributed by atoms with Crippen LogP contribution in [0.4, 0.5) is 5.82 Å². The number of pyridine rings is 1. The number of aromatic nitrogens is 3. The lowest BCUT2D eigenvalue weighted by Gasteiger charge is -2.30. The van der Waals surface area contributed by atoms with Gasteiger partial charge in [-0.3, -0.25) is 0 Å². The first kappa shape index (κ1) is 19.4. The molecule has 0 aromatic carbocycles. The molecule has 3 aromatic rings. The van der Waals surface area contributed by atoms with Crippen LogP contribution in [0.2, 0.25) is 0 Å². The van der Waals surface area contributed by atoms with Gasteiger partial charge in [-0.15, -0.1) is 11.3 Å². The largest absolute Gasteiger partial charge is 0.392 e. The Morgan fingerprint density at radius 2 is 1.93 bits per heavy atom. The number of thiophene rings is 1. The fourth-order valence-corrected chi connectivity index (χ4v) is 4.83. The number of rotatable bonds is 5. The highest BCUT2D eigenvalue weighted by atomic mass is 32.1. The third kappa shape index (κ3) is 3.69. The maximum absolute atomic E-state index is 9.91. The van der Waals surface area contributed by atoms with Crippen LogP contribution in [0.15, 0.2) is 12.4 Å². The van der Waals surface area contributed by atoms with Crippen molar-refractivity contribution in [2.45, 2.75) is 58.5 Å². The highest BCUT2D eigenvalue weighted by Crippen LogP contribution is 2.39. The van der Waals surface area contributed by atoms with E-state index in [4.69, 9.17) is 9.72 Å². The minimum atomic E-state index is -0.539. The lowest BCUT2D eigenvalue weighted by molar-refractivity contribution is -0.0411. The first-order valence-corrected chi connectivity index (χ1v) is 10.4. The van der Waals surface area contributed by atoms with E-state index >= 15 is 0 Å². The van der Waals surface area contributed by atoms with Gasteiger partial charge < -0.3 is 19.8 Å². The van der Waals surface area contributed by atoms with Gasteiger partial charge >= 0.3 is 0 Å². The molecule has 1 aliphatic heterocycles. The summed E-state index contributed by atoms with van der Waals surface area (Å²) in [6.45, 7) is 8.96. The second-order valence-electron chi connectivity index (χ2n) is 8.25. The molecule has 0 radical (unpaired) electrons. The van der Waals surface area contributed by atoms with E-state index in [0.717, 1.165) is 43.9 Å². The smallest absolute Gasteiger partial charge is 0.150 e. The Morgan fingerprint density at radius 1 is 1.21 bits per heavy atom. The Hall–Kier alpha value is -1.87. The summed E-state index contributed by atoms with van der Waals surface area (Å²) in [7, 11) is 0. The van der Waals surface area contributed by atoms with E-state index in [1.807, 2.05) is 4.90 Å². The summed E-state index contributed by atoms with van der Waals surface area (Å²) in [5.41, 5.74) is 2.83. The molecule has 2 N–H and O–H groups in total. The quantitative estimate of drug-likeness (QED) is 0.678. The van der Waals surface area contributed by atoms with E-state index in [1.165, 1.54) is 0 Å². The molecule has 4 heterocycles. The van der Waals surface area contributed by atoms with Crippen LogP contribution in [0, 0.1) is 0 Å². The zero-order valence-electron chi connectivity index (χ0n) is 16.6. The Labute approximate surface area is 168 Å². The molecule has 0 amide bonds. The van der Waals surface area contributed by atoms with Crippen molar-refractivity contribution in [2.24, 2.45) is 0 Å². The van der Waals surface area contributed by atoms with Gasteiger partial charge in [0.1, 0.15) is 17.0 Å². The van der Waals surface area contributed by atoms with E-state index in [2.05, 4.69) is 29.9 Å². The number of fused-ring (bicyclic) bond motifs is 4. The maximum atomic E-state index is 9.91. The monoisotopic (exact) mass is 402 g/mol. The van der Waals surface area contributed by atoms with Crippen molar-refractivity contribution in [1.82, 2.24) is 15.0 Å². The lowest BCUT2D eigenvalue weighted by Crippen LogP contribution is -2.37. The number of anilines is 1. The third-order valence-corrected chi connectivity index (χ3v) is 5.96. The number of ether oxygens (including phenoxy) is 1. The Balaban J connectivity index is 1.85. The molecule has 0 unspecified atom stereocenters. The summed E-state index contributed by atoms with van der Waals surface area (Å²) in [6.07, 6.45) is 1.24. The summed E-state index contributed by atoms with van der Waals surface area (Å²) in [4.78, 5) is 16.8. The molecule has 0 spiro atoms. The predicted octanol–water partition coefficient (Wildman–Crippen LogP) is 2.66. The number of nitrogens with zero attached hydrogens (tertiary/aromatic N) is 4. The summed E-state index contributed by atoms with van der Waals surface area (Å²) >= 11 is 1.56. The van der Waals surface area contributed by atoms with Crippen molar-refractivity contribution < 1.29 is 14.9 Å². The van der Waals surface area contributed by atoms with Crippen LogP contribution >= 0.6 is 11.3 Å². The second-order valence-corrected chi connectivity index (χ2v) is 9.25. The van der Waals surface area contributed by atoms with Crippen LogP contribution in [0.3, 0.4) is 0 Å². The van der Waals surface area contributed by atoms with Gasteiger partial charge in [0.05, 0.1) is 40.3 Å². The lowest BCUT2D eigenvalue weighted by atomic mass is 9.95. The summed E-state index contributed by atoms with van der Waals surface area (Å²) in [5.74, 6) is 0.726. The molecule has 0 saturated heterocycles. The van der Waals surface area contributed by atoms with E-state index in [0.29, 0.717) is 19.7 Å². The van der Waals surface area contributed by atoms with E-state index in [9.17, 15) is 10.2 Å². The molecule has 8 heteroatoms. The van der Waals surface area contributed by atoms with Crippen LogP contribution in [0.25, 0.3) is 20.4 Å². The SMILES string of the molecule is C[C@H](O)CN(C[C@@H](C)O)c1ncnc2c1sc1nc3c(cc12)COC(C)(C)C3. The molecule has 0 fully saturated rings. The van der Waals surface area contributed by atoms with Gasteiger partial charge in [0.2, 0.25) is 0 Å². The van der Waals surface area contributed by atoms with Gasteiger partial charge in [-0.05, 0) is 33.8 Å². The van der Waals surface area contributed by atoms with Crippen LogP contribution in [0.5, 0.6) is 0 Å². The number of hydrogen-bond acceptors (Lipinski definition) is 8. The minimum absolute atomic E-state index is 0.208. The standard InChI is InChI=1S/C20H26N4O3S/c1-11(25)7-24(8-12(2)26)18-17-16(21-10-22-18)14-5-13-9-27-20(3,4)6-15(13)23-19(14)28-17/h5,10-12,25-26H,6-9H2,1-4H3/t11-,12+. The van der Waals surface area contributed by atoms with E-state index in [1.54, 1.807) is 31.5 Å². The zero-order valence-corrected chi connectivity index (χ0v) is 17.5. The van der Waals surface area contributed by atoms with Crippen molar-refractivity contribution in [2.75, 3.05) is 18.0 Å². The van der Waals surface area contributed by atoms with Gasteiger partial charge in [0, 0.05) is 30.5 Å². The van der Waals surface area contributed by atoms with Gasteiger partial charge in [-0.1, -0.05) is 0 Å². The number of aliphatic hydroxyl groups is 2. The molecule has 1 aliphatic rings. The first-order valence-electron chi connectivity index (χ1n) is 9.54. The topological polar surface area (TPSA) is 91.6 Å². The van der Waals surface area contributed by atoms with E-state index < -0.39 is 12.2 Å². The average molecular weight is 403 g/mol. The van der Waals surface area contributed by atoms with Gasteiger partial charge in [0.25, 0.3) is 0 Å². The van der Waals surface area contributed by atoms with Crippen LogP contribution in [-0.4, -0.2) is 56.1 Å². The molecule has 28 heavy (non-hydrogen) atoms. The van der Waals surface area contributed by atoms with Crippen molar-refractivity contribution in [3.8, 4) is 0 Å². The highest BCUT2D eigenvalue weighted by Gasteiger charge is 2.28. The fraction of sp³-hybridized carbons (Fsp3) is 0.550. The van der Waals surface area contributed by atoms with Crippen molar-refractivity contribution in [1.29, 1.82) is 0 Å². The first-order chi connectivity index (χ1) is 13.2. The van der Waals surface area contributed by atoms with Crippen molar-refractivity contribution >= 4 is 37.6 Å². The third-order valence-electron chi connectivity index (χ3n) is 4.88. The van der Waals surface area contributed by atoms with Crippen LogP contribution < -0.4 is 4.90 Å². The van der Waals surface area contributed by atoms with Gasteiger partial charge in [0.15, 0.2) is 0 Å². The molecule has 0 saturated carbocycles. The molecule has 0 bridgehead atoms. The molecule has 4 rings (SSSR count). The Kier molecular flexibility index (Phi) is 4.99. The zero-order chi connectivity index (χ0) is 20.1.